The molecular weight excluding hydrogens is 164 g/mol. The first-order chi connectivity index (χ1) is 6.29. The van der Waals surface area contributed by atoms with Gasteiger partial charge in [-0.2, -0.15) is 5.84 Å². The van der Waals surface area contributed by atoms with E-state index in [1.54, 1.807) is 12.1 Å². The number of nitrogens with two attached hydrogens (primary N) is 1. The van der Waals surface area contributed by atoms with E-state index in [1.807, 2.05) is 24.3 Å². The summed E-state index contributed by atoms with van der Waals surface area (Å²) in [7, 11) is 0. The van der Waals surface area contributed by atoms with Gasteiger partial charge in [-0.05, 0) is 23.6 Å². The van der Waals surface area contributed by atoms with Crippen LogP contribution in [0.2, 0.25) is 0 Å². The van der Waals surface area contributed by atoms with Gasteiger partial charge in [-0.3, -0.25) is 0 Å². The molecule has 2 aromatic rings. The average Bonchev–Trinajstić information content (AvgIpc) is 2.17. The molecule has 1 radical (unpaired) electrons. The van der Waals surface area contributed by atoms with Crippen LogP contribution in [-0.2, 0) is 0 Å². The second-order valence-electron chi connectivity index (χ2n) is 2.73. The maximum atomic E-state index is 10.9. The van der Waals surface area contributed by atoms with Crippen LogP contribution in [0.3, 0.4) is 0 Å². The van der Waals surface area contributed by atoms with E-state index in [2.05, 4.69) is 6.07 Å². The Labute approximate surface area is 75.3 Å². The van der Waals surface area contributed by atoms with Crippen LogP contribution < -0.4 is 5.84 Å². The van der Waals surface area contributed by atoms with Gasteiger partial charge in [-0.1, -0.05) is 18.2 Å². The standard InChI is InChI=1S/C10H8N2O/c11-12(13)10-7-3-5-8-4-1-2-6-9(8)10/h1-4,6-7H,(H2,11,13)/q+1. The van der Waals surface area contributed by atoms with Crippen molar-refractivity contribution in [2.45, 2.75) is 0 Å². The van der Waals surface area contributed by atoms with Gasteiger partial charge in [-0.25, -0.2) is 0 Å². The number of fused-ring (bicyclic) bond motifs is 1. The highest BCUT2D eigenvalue weighted by molar-refractivity contribution is 5.90. The summed E-state index contributed by atoms with van der Waals surface area (Å²) in [6, 6.07) is 13.9. The Bertz CT molecular complexity index is 460. The molecular formula is C10H8N2O+. The smallest absolute Gasteiger partial charge is 0.159 e. The second-order valence-corrected chi connectivity index (χ2v) is 2.73. The minimum Gasteiger partial charge on any atom is -0.159 e. The van der Waals surface area contributed by atoms with Gasteiger partial charge in [0, 0.05) is 6.07 Å². The van der Waals surface area contributed by atoms with Crippen LogP contribution in [0.1, 0.15) is 0 Å². The number of benzene rings is 2. The Morgan fingerprint density at radius 1 is 1.23 bits per heavy atom. The predicted molar refractivity (Wildman–Crippen MR) is 50.3 cm³/mol. The number of hydrogen-bond donors (Lipinski definition) is 1. The largest absolute Gasteiger partial charge is 0.299 e. The molecule has 0 aliphatic heterocycles. The lowest BCUT2D eigenvalue weighted by Crippen LogP contribution is -2.08. The summed E-state index contributed by atoms with van der Waals surface area (Å²) in [4.78, 5) is 11.3. The molecule has 2 aromatic carbocycles. The number of hydrogen-bond acceptors (Lipinski definition) is 1. The van der Waals surface area contributed by atoms with Crippen LogP contribution in [0.15, 0.2) is 36.4 Å². The minimum absolute atomic E-state index is 0.371. The highest BCUT2D eigenvalue weighted by Crippen LogP contribution is 2.22. The Morgan fingerprint density at radius 2 is 2.00 bits per heavy atom. The third-order valence-electron chi connectivity index (χ3n) is 1.92. The molecule has 0 aliphatic rings. The molecule has 3 nitrogen and oxygen atoms in total. The van der Waals surface area contributed by atoms with Gasteiger partial charge < -0.3 is 0 Å². The fourth-order valence-electron chi connectivity index (χ4n) is 1.32. The van der Waals surface area contributed by atoms with Crippen LogP contribution in [0.5, 0.6) is 0 Å². The molecule has 3 heteroatoms. The average molecular weight is 172 g/mol. The first-order valence-corrected chi connectivity index (χ1v) is 3.90. The van der Waals surface area contributed by atoms with E-state index < -0.39 is 0 Å². The predicted octanol–water partition coefficient (Wildman–Crippen LogP) is 1.92. The molecule has 2 rings (SSSR count). The van der Waals surface area contributed by atoms with Crippen molar-refractivity contribution < 1.29 is 4.87 Å². The number of rotatable bonds is 1. The summed E-state index contributed by atoms with van der Waals surface area (Å²) in [5, 5.41) is 1.72. The highest BCUT2D eigenvalue weighted by Gasteiger charge is 2.12. The van der Waals surface area contributed by atoms with Crippen molar-refractivity contribution >= 4 is 16.5 Å². The molecule has 0 heterocycles. The first-order valence-electron chi connectivity index (χ1n) is 3.90. The third kappa shape index (κ3) is 1.24. The van der Waals surface area contributed by atoms with Crippen LogP contribution >= 0.6 is 0 Å². The maximum Gasteiger partial charge on any atom is 0.299 e. The van der Waals surface area contributed by atoms with Gasteiger partial charge in [0.15, 0.2) is 4.87 Å². The van der Waals surface area contributed by atoms with Crippen molar-refractivity contribution in [1.29, 1.82) is 0 Å². The van der Waals surface area contributed by atoms with Gasteiger partial charge in [0.1, 0.15) is 0 Å². The summed E-state index contributed by atoms with van der Waals surface area (Å²) in [5.41, 5.74) is 0.467. The molecule has 0 unspecified atom stereocenters. The maximum absolute atomic E-state index is 10.9. The van der Waals surface area contributed by atoms with Crippen molar-refractivity contribution in [3.8, 4) is 0 Å². The molecule has 2 N–H and O–H groups in total. The number of nitrogens with zero attached hydrogens (tertiary/aromatic N) is 1. The van der Waals surface area contributed by atoms with E-state index in [4.69, 9.17) is 5.84 Å². The summed E-state index contributed by atoms with van der Waals surface area (Å²) in [5.74, 6) is 5.14. The lowest BCUT2D eigenvalue weighted by Gasteiger charge is -1.94. The molecule has 13 heavy (non-hydrogen) atoms. The Kier molecular flexibility index (Phi) is 1.70. The monoisotopic (exact) mass is 172 g/mol. The molecule has 0 aliphatic carbocycles. The summed E-state index contributed by atoms with van der Waals surface area (Å²) in [6.45, 7) is 0. The van der Waals surface area contributed by atoms with Crippen LogP contribution in [0.4, 0.5) is 5.69 Å². The number of nitroso groups, excluding NO2 is 1. The molecule has 0 saturated carbocycles. The quantitative estimate of drug-likeness (QED) is 0.406. The van der Waals surface area contributed by atoms with E-state index in [-0.39, 0.29) is 0 Å². The Morgan fingerprint density at radius 3 is 2.77 bits per heavy atom. The van der Waals surface area contributed by atoms with Crippen LogP contribution in [-0.4, -0.2) is 4.87 Å². The molecule has 0 saturated heterocycles. The van der Waals surface area contributed by atoms with Crippen LogP contribution in [0, 0.1) is 11.0 Å². The zero-order valence-corrected chi connectivity index (χ0v) is 6.90. The number of hydrazine groups is 1. The van der Waals surface area contributed by atoms with Gasteiger partial charge in [0.25, 0.3) is 5.69 Å². The third-order valence-corrected chi connectivity index (χ3v) is 1.92. The zero-order chi connectivity index (χ0) is 9.26. The normalized spacial score (nSPS) is 10.2. The van der Waals surface area contributed by atoms with Gasteiger partial charge in [-0.15, -0.1) is 0 Å². The van der Waals surface area contributed by atoms with E-state index in [9.17, 15) is 4.91 Å². The fourth-order valence-corrected chi connectivity index (χ4v) is 1.32. The van der Waals surface area contributed by atoms with E-state index in [0.29, 0.717) is 10.6 Å². The van der Waals surface area contributed by atoms with Crippen molar-refractivity contribution in [3.63, 3.8) is 0 Å². The van der Waals surface area contributed by atoms with E-state index in [0.717, 1.165) is 10.8 Å². The lowest BCUT2D eigenvalue weighted by atomic mass is 10.1. The Balaban J connectivity index is 2.83. The summed E-state index contributed by atoms with van der Waals surface area (Å²) in [6.07, 6.45) is 0. The van der Waals surface area contributed by atoms with Gasteiger partial charge in [0.05, 0.1) is 10.3 Å². The Hall–Kier alpha value is -1.90. The molecule has 0 fully saturated rings. The molecule has 0 aromatic heterocycles. The molecule has 0 amide bonds. The van der Waals surface area contributed by atoms with Crippen molar-refractivity contribution in [3.05, 3.63) is 47.4 Å². The summed E-state index contributed by atoms with van der Waals surface area (Å²) >= 11 is 0. The van der Waals surface area contributed by atoms with Crippen molar-refractivity contribution in [1.82, 2.24) is 0 Å². The highest BCUT2D eigenvalue weighted by atomic mass is 16.3. The van der Waals surface area contributed by atoms with Gasteiger partial charge in [0.2, 0.25) is 0 Å². The van der Waals surface area contributed by atoms with E-state index >= 15 is 0 Å². The fraction of sp³-hybridized carbons (Fsp3) is 0. The first kappa shape index (κ1) is 7.73. The van der Waals surface area contributed by atoms with Gasteiger partial charge >= 0.3 is 0 Å². The topological polar surface area (TPSA) is 46.1 Å². The second kappa shape index (κ2) is 2.86. The summed E-state index contributed by atoms with van der Waals surface area (Å²) < 4.78 is 0. The lowest BCUT2D eigenvalue weighted by molar-refractivity contribution is -0.473. The molecule has 63 valence electrons. The molecule has 0 atom stereocenters. The van der Waals surface area contributed by atoms with E-state index in [1.165, 1.54) is 0 Å². The zero-order valence-electron chi connectivity index (χ0n) is 6.90. The molecule has 0 spiro atoms. The minimum atomic E-state index is 0.371. The molecule has 0 bridgehead atoms. The van der Waals surface area contributed by atoms with Crippen molar-refractivity contribution in [2.24, 2.45) is 5.84 Å². The van der Waals surface area contributed by atoms with Crippen molar-refractivity contribution in [2.75, 3.05) is 0 Å². The SMILES string of the molecule is N[N+](=O)c1cc[c]c2ccccc12. The van der Waals surface area contributed by atoms with Crippen LogP contribution in [0.25, 0.3) is 10.8 Å².